The smallest absolute Gasteiger partial charge is 0.433 e. The number of halogens is 4. The van der Waals surface area contributed by atoms with E-state index >= 15 is 0 Å². The Labute approximate surface area is 172 Å². The van der Waals surface area contributed by atoms with Crippen molar-refractivity contribution in [3.63, 3.8) is 0 Å². The molecule has 1 amide bonds. The number of carbonyl (C=O) groups excluding carboxylic acids is 1. The first kappa shape index (κ1) is 21.4. The van der Waals surface area contributed by atoms with Gasteiger partial charge in [0.05, 0.1) is 6.10 Å². The molecule has 0 bridgehead atoms. The van der Waals surface area contributed by atoms with Crippen LogP contribution >= 0.6 is 11.6 Å². The highest BCUT2D eigenvalue weighted by Gasteiger charge is 2.33. The quantitative estimate of drug-likeness (QED) is 0.641. The largest absolute Gasteiger partial charge is 0.490 e. The van der Waals surface area contributed by atoms with Crippen molar-refractivity contribution in [2.45, 2.75) is 44.9 Å². The van der Waals surface area contributed by atoms with E-state index in [-0.39, 0.29) is 29.6 Å². The van der Waals surface area contributed by atoms with Crippen LogP contribution in [0.25, 0.3) is 0 Å². The van der Waals surface area contributed by atoms with Gasteiger partial charge in [-0.2, -0.15) is 13.2 Å². The third kappa shape index (κ3) is 5.85. The fourth-order valence-corrected chi connectivity index (χ4v) is 3.67. The first-order valence-corrected chi connectivity index (χ1v) is 9.86. The van der Waals surface area contributed by atoms with Crippen molar-refractivity contribution < 1.29 is 22.7 Å². The van der Waals surface area contributed by atoms with Crippen LogP contribution in [-0.4, -0.2) is 17.0 Å². The molecule has 0 radical (unpaired) electrons. The topological polar surface area (TPSA) is 51.2 Å². The number of hydrogen-bond acceptors (Lipinski definition) is 3. The molecule has 1 aromatic heterocycles. The van der Waals surface area contributed by atoms with Crippen LogP contribution in [0, 0.1) is 11.8 Å². The standard InChI is InChI=1S/C21H22ClF3N2O2/c1-13(20(28)27-16-6-4-15(22)5-7-16)14-2-8-17(9-3-14)29-18-10-11-26-19(12-18)21(23,24)25/h4-7,10-14,17H,2-3,8-9H2,1H3,(H,27,28)/t13?,14-,17-. The summed E-state index contributed by atoms with van der Waals surface area (Å²) in [4.78, 5) is 15.9. The Morgan fingerprint density at radius 1 is 1.17 bits per heavy atom. The summed E-state index contributed by atoms with van der Waals surface area (Å²) in [6, 6.07) is 9.29. The van der Waals surface area contributed by atoms with Crippen molar-refractivity contribution in [2.24, 2.45) is 11.8 Å². The number of hydrogen-bond donors (Lipinski definition) is 1. The third-order valence-corrected chi connectivity index (χ3v) is 5.53. The van der Waals surface area contributed by atoms with Crippen LogP contribution in [0.15, 0.2) is 42.6 Å². The normalized spacial score (nSPS) is 20.7. The summed E-state index contributed by atoms with van der Waals surface area (Å²) < 4.78 is 44.1. The van der Waals surface area contributed by atoms with Crippen LogP contribution in [0.4, 0.5) is 18.9 Å². The van der Waals surface area contributed by atoms with E-state index < -0.39 is 11.9 Å². The Kier molecular flexibility index (Phi) is 6.67. The maximum absolute atomic E-state index is 12.8. The highest BCUT2D eigenvalue weighted by atomic mass is 35.5. The molecule has 0 spiro atoms. The maximum atomic E-state index is 12.8. The first-order valence-electron chi connectivity index (χ1n) is 9.48. The molecule has 1 aliphatic carbocycles. The Morgan fingerprint density at radius 3 is 2.45 bits per heavy atom. The summed E-state index contributed by atoms with van der Waals surface area (Å²) >= 11 is 5.85. The molecular weight excluding hydrogens is 405 g/mol. The van der Waals surface area contributed by atoms with Crippen LogP contribution in [-0.2, 0) is 11.0 Å². The Balaban J connectivity index is 1.51. The highest BCUT2D eigenvalue weighted by molar-refractivity contribution is 6.30. The van der Waals surface area contributed by atoms with Crippen molar-refractivity contribution in [1.82, 2.24) is 4.98 Å². The van der Waals surface area contributed by atoms with Gasteiger partial charge in [-0.25, -0.2) is 0 Å². The number of carbonyl (C=O) groups is 1. The van der Waals surface area contributed by atoms with E-state index in [1.54, 1.807) is 24.3 Å². The van der Waals surface area contributed by atoms with E-state index in [4.69, 9.17) is 16.3 Å². The van der Waals surface area contributed by atoms with E-state index in [9.17, 15) is 18.0 Å². The number of ether oxygens (including phenoxy) is 1. The van der Waals surface area contributed by atoms with Gasteiger partial charge in [0, 0.05) is 28.9 Å². The molecule has 1 heterocycles. The van der Waals surface area contributed by atoms with Crippen molar-refractivity contribution in [1.29, 1.82) is 0 Å². The number of nitrogens with zero attached hydrogens (tertiary/aromatic N) is 1. The molecule has 3 rings (SSSR count). The molecule has 1 saturated carbocycles. The monoisotopic (exact) mass is 426 g/mol. The predicted molar refractivity (Wildman–Crippen MR) is 105 cm³/mol. The zero-order chi connectivity index (χ0) is 21.0. The van der Waals surface area contributed by atoms with Crippen molar-refractivity contribution >= 4 is 23.2 Å². The van der Waals surface area contributed by atoms with E-state index in [0.29, 0.717) is 23.6 Å². The second-order valence-electron chi connectivity index (χ2n) is 7.31. The van der Waals surface area contributed by atoms with Gasteiger partial charge in [-0.1, -0.05) is 18.5 Å². The number of alkyl halides is 3. The molecule has 1 aromatic carbocycles. The van der Waals surface area contributed by atoms with Crippen molar-refractivity contribution in [2.75, 3.05) is 5.32 Å². The van der Waals surface area contributed by atoms with Crippen LogP contribution in [0.2, 0.25) is 5.02 Å². The highest BCUT2D eigenvalue weighted by Crippen LogP contribution is 2.34. The van der Waals surface area contributed by atoms with Gasteiger partial charge >= 0.3 is 6.18 Å². The molecule has 1 atom stereocenters. The van der Waals surface area contributed by atoms with Crippen molar-refractivity contribution in [3.8, 4) is 5.75 Å². The summed E-state index contributed by atoms with van der Waals surface area (Å²) in [7, 11) is 0. The lowest BCUT2D eigenvalue weighted by Crippen LogP contribution is -2.32. The minimum atomic E-state index is -4.50. The average Bonchev–Trinajstić information content (AvgIpc) is 2.69. The minimum absolute atomic E-state index is 0.0550. The number of aromatic nitrogens is 1. The van der Waals surface area contributed by atoms with Crippen LogP contribution in [0.3, 0.4) is 0 Å². The molecular formula is C21H22ClF3N2O2. The summed E-state index contributed by atoms with van der Waals surface area (Å²) in [5.74, 6) is 0.139. The maximum Gasteiger partial charge on any atom is 0.433 e. The van der Waals surface area contributed by atoms with E-state index in [1.165, 1.54) is 6.07 Å². The van der Waals surface area contributed by atoms with Gasteiger partial charge in [-0.3, -0.25) is 9.78 Å². The minimum Gasteiger partial charge on any atom is -0.490 e. The van der Waals surface area contributed by atoms with Gasteiger partial charge < -0.3 is 10.1 Å². The lowest BCUT2D eigenvalue weighted by atomic mass is 9.79. The summed E-state index contributed by atoms with van der Waals surface area (Å²) in [5.41, 5.74) is -0.266. The summed E-state index contributed by atoms with van der Waals surface area (Å²) in [6.45, 7) is 1.90. The van der Waals surface area contributed by atoms with Gasteiger partial charge in [0.2, 0.25) is 5.91 Å². The van der Waals surface area contributed by atoms with Gasteiger partial charge in [0.25, 0.3) is 0 Å². The number of rotatable bonds is 5. The number of pyridine rings is 1. The van der Waals surface area contributed by atoms with E-state index in [0.717, 1.165) is 25.1 Å². The van der Waals surface area contributed by atoms with Gasteiger partial charge in [0.15, 0.2) is 0 Å². The fourth-order valence-electron chi connectivity index (χ4n) is 3.54. The van der Waals surface area contributed by atoms with Gasteiger partial charge in [0.1, 0.15) is 11.4 Å². The number of nitrogens with one attached hydrogen (secondary N) is 1. The molecule has 156 valence electrons. The summed E-state index contributed by atoms with van der Waals surface area (Å²) in [6.07, 6.45) is -0.633. The zero-order valence-corrected chi connectivity index (χ0v) is 16.6. The Bertz CT molecular complexity index is 835. The van der Waals surface area contributed by atoms with Crippen LogP contribution in [0.1, 0.15) is 38.3 Å². The third-order valence-electron chi connectivity index (χ3n) is 5.28. The first-order chi connectivity index (χ1) is 13.7. The zero-order valence-electron chi connectivity index (χ0n) is 15.9. The second kappa shape index (κ2) is 9.03. The number of benzene rings is 1. The SMILES string of the molecule is CC(C(=O)Nc1ccc(Cl)cc1)[C@H]1CC[C@H](Oc2ccnc(C(F)(F)F)c2)CC1. The Hall–Kier alpha value is -2.28. The predicted octanol–water partition coefficient (Wildman–Crippen LogP) is 5.97. The molecule has 2 aromatic rings. The fraction of sp³-hybridized carbons (Fsp3) is 0.429. The molecule has 1 N–H and O–H groups in total. The summed E-state index contributed by atoms with van der Waals surface area (Å²) in [5, 5.41) is 3.50. The lowest BCUT2D eigenvalue weighted by Gasteiger charge is -2.32. The molecule has 1 aliphatic rings. The number of amides is 1. The molecule has 1 unspecified atom stereocenters. The van der Waals surface area contributed by atoms with Crippen LogP contribution in [0.5, 0.6) is 5.75 Å². The molecule has 29 heavy (non-hydrogen) atoms. The van der Waals surface area contributed by atoms with Crippen molar-refractivity contribution in [3.05, 3.63) is 53.3 Å². The Morgan fingerprint density at radius 2 is 1.83 bits per heavy atom. The molecule has 0 aliphatic heterocycles. The van der Waals surface area contributed by atoms with E-state index in [1.807, 2.05) is 6.92 Å². The van der Waals surface area contributed by atoms with Crippen LogP contribution < -0.4 is 10.1 Å². The van der Waals surface area contributed by atoms with Gasteiger partial charge in [-0.15, -0.1) is 0 Å². The second-order valence-corrected chi connectivity index (χ2v) is 7.75. The molecule has 1 fully saturated rings. The van der Waals surface area contributed by atoms with Gasteiger partial charge in [-0.05, 0) is 61.9 Å². The molecule has 0 saturated heterocycles. The number of anilines is 1. The lowest BCUT2D eigenvalue weighted by molar-refractivity contribution is -0.141. The molecule has 8 heteroatoms. The average molecular weight is 427 g/mol. The van der Waals surface area contributed by atoms with E-state index in [2.05, 4.69) is 10.3 Å². The molecule has 4 nitrogen and oxygen atoms in total.